The molecule has 2 heteroatoms. The van der Waals surface area contributed by atoms with Crippen LogP contribution in [0.4, 0.5) is 0 Å². The molecule has 124 valence electrons. The normalized spacial score (nSPS) is 43.4. The first-order valence-electron chi connectivity index (χ1n) is 9.62. The molecular weight excluding hydrogens is 260 g/mol. The molecule has 3 saturated carbocycles. The van der Waals surface area contributed by atoms with E-state index in [0.717, 1.165) is 18.8 Å². The summed E-state index contributed by atoms with van der Waals surface area (Å²) in [6.07, 6.45) is 13.3. The Morgan fingerprint density at radius 2 is 1.38 bits per heavy atom. The highest BCUT2D eigenvalue weighted by Crippen LogP contribution is 2.45. The van der Waals surface area contributed by atoms with Gasteiger partial charge in [0.2, 0.25) is 0 Å². The standard InChI is InChI=1S/C17H30O2.C2H6/c18-16-8-4-2-6-13(16)11-14-10-9-12-5-1-3-7-15(12)17(14)19;1-2/h12-19H,1-11H2;1-2H3. The lowest BCUT2D eigenvalue weighted by Gasteiger charge is -2.44. The minimum Gasteiger partial charge on any atom is -0.393 e. The predicted octanol–water partition coefficient (Wildman–Crippen LogP) is 4.53. The maximum atomic E-state index is 10.7. The summed E-state index contributed by atoms with van der Waals surface area (Å²) in [5.74, 6) is 2.31. The van der Waals surface area contributed by atoms with E-state index in [-0.39, 0.29) is 12.2 Å². The third kappa shape index (κ3) is 4.22. The van der Waals surface area contributed by atoms with E-state index in [0.29, 0.717) is 17.8 Å². The third-order valence-corrected chi connectivity index (χ3v) is 6.27. The zero-order chi connectivity index (χ0) is 15.2. The van der Waals surface area contributed by atoms with Gasteiger partial charge in [-0.15, -0.1) is 0 Å². The summed E-state index contributed by atoms with van der Waals surface area (Å²) in [7, 11) is 0. The van der Waals surface area contributed by atoms with Crippen molar-refractivity contribution in [3.63, 3.8) is 0 Å². The predicted molar refractivity (Wildman–Crippen MR) is 88.1 cm³/mol. The molecule has 0 spiro atoms. The quantitative estimate of drug-likeness (QED) is 0.786. The fourth-order valence-corrected chi connectivity index (χ4v) is 5.10. The average molecular weight is 296 g/mol. The molecule has 0 heterocycles. The van der Waals surface area contributed by atoms with Crippen molar-refractivity contribution in [3.8, 4) is 0 Å². The molecular formula is C19H36O2. The van der Waals surface area contributed by atoms with Crippen molar-refractivity contribution >= 4 is 0 Å². The molecule has 21 heavy (non-hydrogen) atoms. The van der Waals surface area contributed by atoms with Crippen molar-refractivity contribution in [2.75, 3.05) is 0 Å². The van der Waals surface area contributed by atoms with E-state index in [4.69, 9.17) is 0 Å². The van der Waals surface area contributed by atoms with Crippen LogP contribution in [0.2, 0.25) is 0 Å². The van der Waals surface area contributed by atoms with E-state index in [1.54, 1.807) is 0 Å². The molecule has 0 aromatic carbocycles. The van der Waals surface area contributed by atoms with Gasteiger partial charge in [-0.05, 0) is 62.2 Å². The van der Waals surface area contributed by atoms with E-state index >= 15 is 0 Å². The Labute approximate surface area is 131 Å². The third-order valence-electron chi connectivity index (χ3n) is 6.27. The van der Waals surface area contributed by atoms with Crippen LogP contribution in [0.3, 0.4) is 0 Å². The topological polar surface area (TPSA) is 40.5 Å². The van der Waals surface area contributed by atoms with Crippen LogP contribution in [0, 0.1) is 23.7 Å². The zero-order valence-corrected chi connectivity index (χ0v) is 14.1. The monoisotopic (exact) mass is 296 g/mol. The number of hydrogen-bond acceptors (Lipinski definition) is 2. The van der Waals surface area contributed by atoms with Crippen molar-refractivity contribution in [1.29, 1.82) is 0 Å². The smallest absolute Gasteiger partial charge is 0.0599 e. The van der Waals surface area contributed by atoms with Crippen molar-refractivity contribution in [2.24, 2.45) is 23.7 Å². The Morgan fingerprint density at radius 3 is 2.14 bits per heavy atom. The largest absolute Gasteiger partial charge is 0.393 e. The first-order chi connectivity index (χ1) is 10.3. The molecule has 3 rings (SSSR count). The average Bonchev–Trinajstić information content (AvgIpc) is 2.54. The summed E-state index contributed by atoms with van der Waals surface area (Å²) in [6.45, 7) is 4.00. The van der Waals surface area contributed by atoms with Crippen LogP contribution in [0.25, 0.3) is 0 Å². The van der Waals surface area contributed by atoms with Gasteiger partial charge in [-0.2, -0.15) is 0 Å². The van der Waals surface area contributed by atoms with E-state index in [2.05, 4.69) is 0 Å². The number of hydrogen-bond donors (Lipinski definition) is 2. The Hall–Kier alpha value is -0.0800. The van der Waals surface area contributed by atoms with Crippen LogP contribution >= 0.6 is 0 Å². The Morgan fingerprint density at radius 1 is 0.714 bits per heavy atom. The number of aliphatic hydroxyl groups excluding tert-OH is 2. The maximum absolute atomic E-state index is 10.7. The summed E-state index contributed by atoms with van der Waals surface area (Å²) < 4.78 is 0. The highest BCUT2D eigenvalue weighted by atomic mass is 16.3. The summed E-state index contributed by atoms with van der Waals surface area (Å²) >= 11 is 0. The molecule has 2 nitrogen and oxygen atoms in total. The van der Waals surface area contributed by atoms with Gasteiger partial charge in [0.1, 0.15) is 0 Å². The molecule has 3 fully saturated rings. The van der Waals surface area contributed by atoms with Gasteiger partial charge in [0, 0.05) is 0 Å². The maximum Gasteiger partial charge on any atom is 0.0599 e. The fraction of sp³-hybridized carbons (Fsp3) is 1.00. The second-order valence-corrected chi connectivity index (χ2v) is 7.38. The van der Waals surface area contributed by atoms with Gasteiger partial charge in [-0.3, -0.25) is 0 Å². The molecule has 0 aromatic heterocycles. The number of aliphatic hydroxyl groups is 2. The van der Waals surface area contributed by atoms with Crippen molar-refractivity contribution in [1.82, 2.24) is 0 Å². The van der Waals surface area contributed by atoms with E-state index < -0.39 is 0 Å². The van der Waals surface area contributed by atoms with Gasteiger partial charge in [-0.25, -0.2) is 0 Å². The van der Waals surface area contributed by atoms with Gasteiger partial charge in [0.15, 0.2) is 0 Å². The zero-order valence-electron chi connectivity index (χ0n) is 14.1. The van der Waals surface area contributed by atoms with Crippen LogP contribution < -0.4 is 0 Å². The minimum atomic E-state index is -0.0926. The lowest BCUT2D eigenvalue weighted by molar-refractivity contribution is -0.0507. The Kier molecular flexibility index (Phi) is 7.01. The summed E-state index contributed by atoms with van der Waals surface area (Å²) in [5, 5.41) is 20.8. The van der Waals surface area contributed by atoms with E-state index in [1.165, 1.54) is 57.8 Å². The van der Waals surface area contributed by atoms with Gasteiger partial charge < -0.3 is 10.2 Å². The molecule has 2 N–H and O–H groups in total. The molecule has 3 aliphatic rings. The number of rotatable bonds is 2. The highest BCUT2D eigenvalue weighted by Gasteiger charge is 2.40. The molecule has 0 radical (unpaired) electrons. The molecule has 6 atom stereocenters. The summed E-state index contributed by atoms with van der Waals surface area (Å²) in [6, 6.07) is 0. The summed E-state index contributed by atoms with van der Waals surface area (Å²) in [5.41, 5.74) is 0. The Balaban J connectivity index is 0.000000774. The molecule has 0 aromatic rings. The van der Waals surface area contributed by atoms with Gasteiger partial charge in [-0.1, -0.05) is 46.0 Å². The molecule has 0 amide bonds. The molecule has 3 aliphatic carbocycles. The molecule has 0 bridgehead atoms. The van der Waals surface area contributed by atoms with Crippen molar-refractivity contribution in [2.45, 2.75) is 96.7 Å². The lowest BCUT2D eigenvalue weighted by Crippen LogP contribution is -2.42. The molecule has 0 aliphatic heterocycles. The van der Waals surface area contributed by atoms with Crippen LogP contribution in [-0.2, 0) is 0 Å². The molecule has 0 saturated heterocycles. The van der Waals surface area contributed by atoms with Gasteiger partial charge in [0.05, 0.1) is 12.2 Å². The minimum absolute atomic E-state index is 0.0758. The first-order valence-corrected chi connectivity index (χ1v) is 9.62. The van der Waals surface area contributed by atoms with Crippen molar-refractivity contribution in [3.05, 3.63) is 0 Å². The summed E-state index contributed by atoms with van der Waals surface area (Å²) in [4.78, 5) is 0. The highest BCUT2D eigenvalue weighted by molar-refractivity contribution is 4.91. The van der Waals surface area contributed by atoms with Crippen LogP contribution in [-0.4, -0.2) is 22.4 Å². The Bertz CT molecular complexity index is 291. The SMILES string of the molecule is CC.OC1CCCCC1CC1CCC2CCCCC2C1O. The van der Waals surface area contributed by atoms with Crippen LogP contribution in [0.1, 0.15) is 84.5 Å². The molecule has 6 unspecified atom stereocenters. The second-order valence-electron chi connectivity index (χ2n) is 7.38. The van der Waals surface area contributed by atoms with Crippen LogP contribution in [0.5, 0.6) is 0 Å². The number of fused-ring (bicyclic) bond motifs is 1. The van der Waals surface area contributed by atoms with Crippen molar-refractivity contribution < 1.29 is 10.2 Å². The fourth-order valence-electron chi connectivity index (χ4n) is 5.10. The van der Waals surface area contributed by atoms with Gasteiger partial charge in [0.25, 0.3) is 0 Å². The van der Waals surface area contributed by atoms with Crippen LogP contribution in [0.15, 0.2) is 0 Å². The lowest BCUT2D eigenvalue weighted by atomic mass is 9.63. The first kappa shape index (κ1) is 17.3. The van der Waals surface area contributed by atoms with E-state index in [9.17, 15) is 10.2 Å². The van der Waals surface area contributed by atoms with Gasteiger partial charge >= 0.3 is 0 Å². The second kappa shape index (κ2) is 8.53. The van der Waals surface area contributed by atoms with E-state index in [1.807, 2.05) is 13.8 Å².